The van der Waals surface area contributed by atoms with Crippen LogP contribution in [0.4, 0.5) is 0 Å². The van der Waals surface area contributed by atoms with Crippen LogP contribution in [0.15, 0.2) is 49.0 Å². The predicted octanol–water partition coefficient (Wildman–Crippen LogP) is 4.93. The Balaban J connectivity index is 1.62. The normalized spacial score (nSPS) is 17.1. The molecule has 0 bridgehead atoms. The van der Waals surface area contributed by atoms with Gasteiger partial charge in [-0.05, 0) is 48.9 Å². The number of carbonyl (C=O) groups is 1. The lowest BCUT2D eigenvalue weighted by Crippen LogP contribution is -2.30. The molecule has 1 unspecified atom stereocenters. The highest BCUT2D eigenvalue weighted by atomic mass is 35.5. The topological polar surface area (TPSA) is 20.3 Å². The number of hydrogen-bond acceptors (Lipinski definition) is 1. The molecule has 3 rings (SSSR count). The summed E-state index contributed by atoms with van der Waals surface area (Å²) in [7, 11) is 0. The molecule has 2 aromatic rings. The molecule has 1 atom stereocenters. The van der Waals surface area contributed by atoms with Crippen molar-refractivity contribution in [3.63, 3.8) is 0 Å². The van der Waals surface area contributed by atoms with E-state index in [-0.39, 0.29) is 11.8 Å². The van der Waals surface area contributed by atoms with E-state index in [1.807, 2.05) is 29.2 Å². The third-order valence-electron chi connectivity index (χ3n) is 5.02. The Kier molecular flexibility index (Phi) is 5.60. The summed E-state index contributed by atoms with van der Waals surface area (Å²) >= 11 is 6.35. The number of benzene rings is 2. The third kappa shape index (κ3) is 4.13. The fourth-order valence-corrected chi connectivity index (χ4v) is 3.72. The van der Waals surface area contributed by atoms with Crippen molar-refractivity contribution in [2.75, 3.05) is 13.1 Å². The molecule has 0 saturated carbocycles. The van der Waals surface area contributed by atoms with Crippen molar-refractivity contribution in [1.82, 2.24) is 4.90 Å². The van der Waals surface area contributed by atoms with Gasteiger partial charge in [-0.2, -0.15) is 0 Å². The zero-order valence-electron chi connectivity index (χ0n) is 14.7. The Labute approximate surface area is 155 Å². The molecule has 2 nitrogen and oxygen atoms in total. The quantitative estimate of drug-likeness (QED) is 0.721. The minimum Gasteiger partial charge on any atom is -0.342 e. The first kappa shape index (κ1) is 17.8. The largest absolute Gasteiger partial charge is 0.342 e. The Bertz CT molecular complexity index is 766. The number of likely N-dealkylation sites (tertiary alicyclic amines) is 1. The number of hydrogen-bond donors (Lipinski definition) is 0. The SMILES string of the molecule is C=Cc1cccc(Cl)c1CC1CCN(CCc2ccc(C)cc2)C1=O. The zero-order chi connectivity index (χ0) is 17.8. The lowest BCUT2D eigenvalue weighted by molar-refractivity contribution is -0.130. The second-order valence-electron chi connectivity index (χ2n) is 6.76. The van der Waals surface area contributed by atoms with Gasteiger partial charge < -0.3 is 4.90 Å². The molecule has 1 saturated heterocycles. The van der Waals surface area contributed by atoms with E-state index in [0.29, 0.717) is 6.42 Å². The number of carbonyl (C=O) groups excluding carboxylic acids is 1. The number of amides is 1. The van der Waals surface area contributed by atoms with Crippen molar-refractivity contribution < 1.29 is 4.79 Å². The van der Waals surface area contributed by atoms with Gasteiger partial charge in [-0.15, -0.1) is 0 Å². The number of aryl methyl sites for hydroxylation is 1. The Hall–Kier alpha value is -2.06. The molecule has 0 spiro atoms. The van der Waals surface area contributed by atoms with Crippen LogP contribution in [0.5, 0.6) is 0 Å². The average molecular weight is 354 g/mol. The monoisotopic (exact) mass is 353 g/mol. The Morgan fingerprint density at radius 3 is 2.72 bits per heavy atom. The molecule has 1 fully saturated rings. The van der Waals surface area contributed by atoms with Crippen molar-refractivity contribution in [3.05, 3.63) is 76.3 Å². The van der Waals surface area contributed by atoms with Gasteiger partial charge in [0.25, 0.3) is 0 Å². The van der Waals surface area contributed by atoms with Gasteiger partial charge in [-0.25, -0.2) is 0 Å². The van der Waals surface area contributed by atoms with E-state index in [9.17, 15) is 4.79 Å². The van der Waals surface area contributed by atoms with Crippen LogP contribution in [0, 0.1) is 12.8 Å². The molecule has 25 heavy (non-hydrogen) atoms. The Morgan fingerprint density at radius 1 is 1.24 bits per heavy atom. The molecule has 0 radical (unpaired) electrons. The molecular weight excluding hydrogens is 330 g/mol. The molecule has 2 aromatic carbocycles. The summed E-state index contributed by atoms with van der Waals surface area (Å²) in [5.41, 5.74) is 4.61. The van der Waals surface area contributed by atoms with Gasteiger partial charge in [0.15, 0.2) is 0 Å². The second-order valence-corrected chi connectivity index (χ2v) is 7.17. The summed E-state index contributed by atoms with van der Waals surface area (Å²) in [6.07, 6.45) is 4.31. The first-order valence-corrected chi connectivity index (χ1v) is 9.20. The smallest absolute Gasteiger partial charge is 0.226 e. The first-order chi connectivity index (χ1) is 12.1. The van der Waals surface area contributed by atoms with E-state index in [0.717, 1.165) is 42.1 Å². The second kappa shape index (κ2) is 7.88. The maximum atomic E-state index is 12.8. The average Bonchev–Trinajstić information content (AvgIpc) is 2.96. The van der Waals surface area contributed by atoms with Crippen molar-refractivity contribution in [3.8, 4) is 0 Å². The molecule has 3 heteroatoms. The highest BCUT2D eigenvalue weighted by Gasteiger charge is 2.32. The van der Waals surface area contributed by atoms with Gasteiger partial charge in [-0.1, -0.05) is 66.2 Å². The van der Waals surface area contributed by atoms with Gasteiger partial charge in [-0.3, -0.25) is 4.79 Å². The summed E-state index contributed by atoms with van der Waals surface area (Å²) in [5, 5.41) is 0.725. The van der Waals surface area contributed by atoms with Crippen molar-refractivity contribution in [2.45, 2.75) is 26.2 Å². The standard InChI is InChI=1S/C22H24ClNO/c1-3-18-5-4-6-21(23)20(18)15-19-12-14-24(22(19)25)13-11-17-9-7-16(2)8-10-17/h3-10,19H,1,11-15H2,2H3. The van der Waals surface area contributed by atoms with Crippen molar-refractivity contribution in [1.29, 1.82) is 0 Å². The summed E-state index contributed by atoms with van der Waals surface area (Å²) in [6, 6.07) is 14.4. The van der Waals surface area contributed by atoms with E-state index < -0.39 is 0 Å². The summed E-state index contributed by atoms with van der Waals surface area (Å²) in [5.74, 6) is 0.277. The summed E-state index contributed by atoms with van der Waals surface area (Å²) < 4.78 is 0. The van der Waals surface area contributed by atoms with Gasteiger partial charge in [0.05, 0.1) is 0 Å². The molecular formula is C22H24ClNO. The Morgan fingerprint density at radius 2 is 2.00 bits per heavy atom. The van der Waals surface area contributed by atoms with Crippen LogP contribution in [0.25, 0.3) is 6.08 Å². The van der Waals surface area contributed by atoms with Crippen LogP contribution in [0.3, 0.4) is 0 Å². The van der Waals surface area contributed by atoms with Crippen molar-refractivity contribution in [2.24, 2.45) is 5.92 Å². The van der Waals surface area contributed by atoms with Gasteiger partial charge >= 0.3 is 0 Å². The zero-order valence-corrected chi connectivity index (χ0v) is 15.4. The van der Waals surface area contributed by atoms with Gasteiger partial charge in [0.1, 0.15) is 0 Å². The minimum absolute atomic E-state index is 0.0246. The molecule has 1 aliphatic heterocycles. The fourth-order valence-electron chi connectivity index (χ4n) is 3.46. The molecule has 1 aliphatic rings. The van der Waals surface area contributed by atoms with Crippen molar-refractivity contribution >= 4 is 23.6 Å². The maximum absolute atomic E-state index is 12.8. The van der Waals surface area contributed by atoms with E-state index in [1.165, 1.54) is 11.1 Å². The van der Waals surface area contributed by atoms with Crippen LogP contribution >= 0.6 is 11.6 Å². The summed E-state index contributed by atoms with van der Waals surface area (Å²) in [6.45, 7) is 7.57. The maximum Gasteiger partial charge on any atom is 0.226 e. The van der Waals surface area contributed by atoms with Crippen LogP contribution < -0.4 is 0 Å². The molecule has 1 amide bonds. The van der Waals surface area contributed by atoms with E-state index in [2.05, 4.69) is 37.8 Å². The molecule has 0 N–H and O–H groups in total. The summed E-state index contributed by atoms with van der Waals surface area (Å²) in [4.78, 5) is 14.7. The van der Waals surface area contributed by atoms with E-state index in [4.69, 9.17) is 11.6 Å². The number of nitrogens with zero attached hydrogens (tertiary/aromatic N) is 1. The molecule has 0 aliphatic carbocycles. The fraction of sp³-hybridized carbons (Fsp3) is 0.318. The molecule has 130 valence electrons. The van der Waals surface area contributed by atoms with Gasteiger partial charge in [0.2, 0.25) is 5.91 Å². The van der Waals surface area contributed by atoms with Crippen LogP contribution in [0.2, 0.25) is 5.02 Å². The van der Waals surface area contributed by atoms with E-state index >= 15 is 0 Å². The van der Waals surface area contributed by atoms with Crippen LogP contribution in [0.1, 0.15) is 28.7 Å². The van der Waals surface area contributed by atoms with Crippen LogP contribution in [-0.4, -0.2) is 23.9 Å². The lowest BCUT2D eigenvalue weighted by atomic mass is 9.94. The minimum atomic E-state index is 0.0246. The molecule has 0 aromatic heterocycles. The lowest BCUT2D eigenvalue weighted by Gasteiger charge is -2.17. The highest BCUT2D eigenvalue weighted by molar-refractivity contribution is 6.31. The van der Waals surface area contributed by atoms with Crippen LogP contribution in [-0.2, 0) is 17.6 Å². The first-order valence-electron chi connectivity index (χ1n) is 8.82. The molecule has 1 heterocycles. The van der Waals surface area contributed by atoms with E-state index in [1.54, 1.807) is 0 Å². The predicted molar refractivity (Wildman–Crippen MR) is 105 cm³/mol. The number of rotatable bonds is 6. The van der Waals surface area contributed by atoms with Gasteiger partial charge in [0, 0.05) is 24.0 Å². The highest BCUT2D eigenvalue weighted by Crippen LogP contribution is 2.29. The third-order valence-corrected chi connectivity index (χ3v) is 5.38. The number of halogens is 1.